The van der Waals surface area contributed by atoms with Gasteiger partial charge >= 0.3 is 0 Å². The normalized spacial score (nSPS) is 19.7. The van der Waals surface area contributed by atoms with Gasteiger partial charge in [0.2, 0.25) is 0 Å². The molecule has 134 valence electrons. The van der Waals surface area contributed by atoms with E-state index in [1.807, 2.05) is 12.1 Å². The van der Waals surface area contributed by atoms with Gasteiger partial charge in [0.25, 0.3) is 0 Å². The first-order valence-electron chi connectivity index (χ1n) is 9.80. The minimum absolute atomic E-state index is 0.448. The Bertz CT molecular complexity index is 842. The molecule has 0 bridgehead atoms. The first-order chi connectivity index (χ1) is 12.7. The molecule has 3 heteroatoms. The van der Waals surface area contributed by atoms with Crippen LogP contribution in [-0.2, 0) is 6.42 Å². The van der Waals surface area contributed by atoms with Crippen molar-refractivity contribution in [3.8, 4) is 17.2 Å². The topological polar surface area (TPSA) is 27.0 Å². The summed E-state index contributed by atoms with van der Waals surface area (Å²) in [6.45, 7) is 4.40. The van der Waals surface area contributed by atoms with Crippen molar-refractivity contribution in [3.05, 3.63) is 52.0 Å². The Kier molecular flexibility index (Phi) is 4.92. The molecule has 2 nitrogen and oxygen atoms in total. The van der Waals surface area contributed by atoms with E-state index >= 15 is 0 Å². The molecule has 2 aliphatic rings. The number of nitrogens with zero attached hydrogens (tertiary/aromatic N) is 2. The first-order valence-corrected chi connectivity index (χ1v) is 10.2. The fourth-order valence-corrected chi connectivity index (χ4v) is 4.79. The summed E-state index contributed by atoms with van der Waals surface area (Å²) in [5.74, 6) is 0.448. The average molecular weight is 365 g/mol. The van der Waals surface area contributed by atoms with Gasteiger partial charge in [-0.3, -0.25) is 0 Å². The number of hydrogen-bond acceptors (Lipinski definition) is 2. The van der Waals surface area contributed by atoms with Crippen molar-refractivity contribution in [1.82, 2.24) is 0 Å². The molecule has 26 heavy (non-hydrogen) atoms. The van der Waals surface area contributed by atoms with Gasteiger partial charge in [-0.1, -0.05) is 30.7 Å². The summed E-state index contributed by atoms with van der Waals surface area (Å²) in [5, 5.41) is 10.8. The quantitative estimate of drug-likeness (QED) is 0.624. The van der Waals surface area contributed by atoms with Gasteiger partial charge in [-0.2, -0.15) is 5.26 Å². The molecule has 1 aliphatic heterocycles. The van der Waals surface area contributed by atoms with E-state index in [0.29, 0.717) is 5.92 Å². The Morgan fingerprint density at radius 1 is 1.08 bits per heavy atom. The average Bonchev–Trinajstić information content (AvgIpc) is 2.68. The lowest BCUT2D eigenvalue weighted by Crippen LogP contribution is -2.31. The second-order valence-corrected chi connectivity index (χ2v) is 8.11. The van der Waals surface area contributed by atoms with E-state index in [9.17, 15) is 5.26 Å². The Labute approximate surface area is 161 Å². The maximum atomic E-state index is 10.0. The fraction of sp³-hybridized carbons (Fsp3) is 0.435. The molecule has 0 radical (unpaired) electrons. The van der Waals surface area contributed by atoms with Gasteiger partial charge in [0.1, 0.15) is 6.07 Å². The molecule has 1 unspecified atom stereocenters. The third-order valence-electron chi connectivity index (χ3n) is 5.98. The van der Waals surface area contributed by atoms with Crippen molar-refractivity contribution in [2.45, 2.75) is 51.4 Å². The highest BCUT2D eigenvalue weighted by Gasteiger charge is 2.28. The third-order valence-corrected chi connectivity index (χ3v) is 6.23. The summed E-state index contributed by atoms with van der Waals surface area (Å²) in [6, 6.07) is 13.0. The van der Waals surface area contributed by atoms with Crippen LogP contribution < -0.4 is 4.90 Å². The van der Waals surface area contributed by atoms with E-state index in [4.69, 9.17) is 11.6 Å². The minimum Gasteiger partial charge on any atom is -0.370 e. The van der Waals surface area contributed by atoms with E-state index in [2.05, 4.69) is 36.1 Å². The molecule has 0 N–H and O–H groups in total. The van der Waals surface area contributed by atoms with Gasteiger partial charge in [0, 0.05) is 18.1 Å². The highest BCUT2D eigenvalue weighted by molar-refractivity contribution is 6.30. The summed E-state index contributed by atoms with van der Waals surface area (Å²) >= 11 is 6.12. The third kappa shape index (κ3) is 3.10. The lowest BCUT2D eigenvalue weighted by atomic mass is 9.77. The molecule has 1 aliphatic carbocycles. The smallest absolute Gasteiger partial charge is 0.102 e. The van der Waals surface area contributed by atoms with Crippen LogP contribution in [0.25, 0.3) is 11.1 Å². The molecule has 0 saturated carbocycles. The van der Waals surface area contributed by atoms with Crippen LogP contribution in [0.15, 0.2) is 30.3 Å². The lowest BCUT2D eigenvalue weighted by Gasteiger charge is -2.34. The largest absolute Gasteiger partial charge is 0.370 e. The zero-order valence-corrected chi connectivity index (χ0v) is 16.1. The van der Waals surface area contributed by atoms with E-state index in [0.717, 1.165) is 35.8 Å². The number of fused-ring (bicyclic) bond motifs is 1. The highest BCUT2D eigenvalue weighted by atomic mass is 35.5. The van der Waals surface area contributed by atoms with Crippen molar-refractivity contribution in [3.63, 3.8) is 0 Å². The van der Waals surface area contributed by atoms with Gasteiger partial charge in [0.05, 0.1) is 11.3 Å². The van der Waals surface area contributed by atoms with Crippen LogP contribution in [0.1, 0.15) is 61.6 Å². The molecular weight excluding hydrogens is 340 g/mol. The van der Waals surface area contributed by atoms with Crippen LogP contribution in [-0.4, -0.2) is 13.1 Å². The lowest BCUT2D eigenvalue weighted by molar-refractivity contribution is 0.571. The fourth-order valence-electron chi connectivity index (χ4n) is 4.66. The number of rotatable bonds is 2. The second-order valence-electron chi connectivity index (χ2n) is 7.67. The standard InChI is InChI=1S/C23H25ClN2/c1-16-6-5-7-19-20(17-8-10-18(24)11-9-17)14-22(21(15-25)23(16)19)26-12-3-2-4-13-26/h8-11,14,16H,2-7,12-13H2,1H3. The van der Waals surface area contributed by atoms with E-state index in [1.54, 1.807) is 0 Å². The molecular formula is C23H25ClN2. The van der Waals surface area contributed by atoms with E-state index in [1.165, 1.54) is 54.4 Å². The number of anilines is 1. The predicted molar refractivity (Wildman–Crippen MR) is 109 cm³/mol. The maximum Gasteiger partial charge on any atom is 0.102 e. The Morgan fingerprint density at radius 3 is 2.50 bits per heavy atom. The second kappa shape index (κ2) is 7.33. The Balaban J connectivity index is 1.94. The number of hydrogen-bond donors (Lipinski definition) is 0. The monoisotopic (exact) mass is 364 g/mol. The highest BCUT2D eigenvalue weighted by Crippen LogP contribution is 2.44. The van der Waals surface area contributed by atoms with Crippen LogP contribution in [0.2, 0.25) is 5.02 Å². The molecule has 1 saturated heterocycles. The SMILES string of the molecule is CC1CCCc2c(-c3ccc(Cl)cc3)cc(N3CCCCC3)c(C#N)c21. The molecule has 0 amide bonds. The number of piperidine rings is 1. The van der Waals surface area contributed by atoms with Crippen LogP contribution in [0, 0.1) is 11.3 Å². The Hall–Kier alpha value is -1.98. The predicted octanol–water partition coefficient (Wildman–Crippen LogP) is 6.31. The van der Waals surface area contributed by atoms with Gasteiger partial charge in [-0.05, 0) is 84.9 Å². The van der Waals surface area contributed by atoms with Crippen molar-refractivity contribution >= 4 is 17.3 Å². The van der Waals surface area contributed by atoms with Crippen LogP contribution in [0.5, 0.6) is 0 Å². The minimum atomic E-state index is 0.448. The van der Waals surface area contributed by atoms with E-state index < -0.39 is 0 Å². The van der Waals surface area contributed by atoms with E-state index in [-0.39, 0.29) is 0 Å². The zero-order valence-electron chi connectivity index (χ0n) is 15.4. The van der Waals surface area contributed by atoms with Gasteiger partial charge in [-0.25, -0.2) is 0 Å². The van der Waals surface area contributed by atoms with Crippen LogP contribution in [0.4, 0.5) is 5.69 Å². The summed E-state index contributed by atoms with van der Waals surface area (Å²) in [7, 11) is 0. The molecule has 0 spiro atoms. The maximum absolute atomic E-state index is 10.0. The number of nitriles is 1. The first kappa shape index (κ1) is 17.4. The van der Waals surface area contributed by atoms with Crippen LogP contribution in [0.3, 0.4) is 0 Å². The number of benzene rings is 2. The van der Waals surface area contributed by atoms with Gasteiger partial charge < -0.3 is 4.90 Å². The van der Waals surface area contributed by atoms with Gasteiger partial charge in [0.15, 0.2) is 0 Å². The molecule has 1 fully saturated rings. The van der Waals surface area contributed by atoms with Gasteiger partial charge in [-0.15, -0.1) is 0 Å². The number of halogens is 1. The molecule has 0 aromatic heterocycles. The van der Waals surface area contributed by atoms with Crippen LogP contribution >= 0.6 is 11.6 Å². The molecule has 1 heterocycles. The summed E-state index contributed by atoms with van der Waals surface area (Å²) in [5.41, 5.74) is 7.25. The van der Waals surface area contributed by atoms with Crippen molar-refractivity contribution in [1.29, 1.82) is 5.26 Å². The Morgan fingerprint density at radius 2 is 1.81 bits per heavy atom. The molecule has 2 aromatic rings. The summed E-state index contributed by atoms with van der Waals surface area (Å²) in [4.78, 5) is 2.43. The molecule has 4 rings (SSSR count). The molecule has 2 aromatic carbocycles. The molecule has 1 atom stereocenters. The zero-order chi connectivity index (χ0) is 18.1. The summed E-state index contributed by atoms with van der Waals surface area (Å²) in [6.07, 6.45) is 7.16. The van der Waals surface area contributed by atoms with Crippen molar-refractivity contribution < 1.29 is 0 Å². The summed E-state index contributed by atoms with van der Waals surface area (Å²) < 4.78 is 0. The van der Waals surface area contributed by atoms with Crippen molar-refractivity contribution in [2.75, 3.05) is 18.0 Å². The van der Waals surface area contributed by atoms with Crippen molar-refractivity contribution in [2.24, 2.45) is 0 Å².